The molecule has 0 bridgehead atoms. The van der Waals surface area contributed by atoms with Crippen molar-refractivity contribution in [2.45, 2.75) is 12.5 Å². The molecule has 2 amide bonds. The minimum Gasteiger partial charge on any atom is -0.454 e. The quantitative estimate of drug-likeness (QED) is 0.337. The average Bonchev–Trinajstić information content (AvgIpc) is 3.25. The van der Waals surface area contributed by atoms with Crippen LogP contribution < -0.4 is 5.32 Å². The molecule has 1 heterocycles. The molecule has 0 aliphatic heterocycles. The Labute approximate surface area is 196 Å². The summed E-state index contributed by atoms with van der Waals surface area (Å²) in [5.41, 5.74) is 1.87. The lowest BCUT2D eigenvalue weighted by molar-refractivity contribution is -0.153. The van der Waals surface area contributed by atoms with Crippen LogP contribution in [0.5, 0.6) is 0 Å². The Morgan fingerprint density at radius 2 is 1.74 bits per heavy atom. The molecule has 2 aromatic carbocycles. The van der Waals surface area contributed by atoms with E-state index in [4.69, 9.17) is 4.74 Å². The third-order valence-corrected chi connectivity index (χ3v) is 5.18. The van der Waals surface area contributed by atoms with Gasteiger partial charge in [0.1, 0.15) is 11.9 Å². The third-order valence-electron chi connectivity index (χ3n) is 5.18. The van der Waals surface area contributed by atoms with E-state index >= 15 is 0 Å². The van der Waals surface area contributed by atoms with Crippen LogP contribution in [0.4, 0.5) is 4.39 Å². The van der Waals surface area contributed by atoms with Gasteiger partial charge in [0.25, 0.3) is 11.8 Å². The molecule has 0 saturated heterocycles. The van der Waals surface area contributed by atoms with Crippen molar-refractivity contribution in [3.05, 3.63) is 97.0 Å². The van der Waals surface area contributed by atoms with Crippen molar-refractivity contribution in [3.8, 4) is 0 Å². The number of carbonyl (C=O) groups excluding carboxylic acids is 3. The molecule has 0 spiro atoms. The van der Waals surface area contributed by atoms with E-state index in [1.54, 1.807) is 18.3 Å². The van der Waals surface area contributed by atoms with Gasteiger partial charge in [0.15, 0.2) is 6.61 Å². The van der Waals surface area contributed by atoms with E-state index in [2.05, 4.69) is 23.5 Å². The molecule has 3 aromatic rings. The number of aromatic nitrogens is 1. The first-order chi connectivity index (χ1) is 16.4. The first kappa shape index (κ1) is 24.4. The molecule has 0 aliphatic carbocycles. The zero-order valence-corrected chi connectivity index (χ0v) is 18.6. The fraction of sp³-hybridized carbons (Fsp3) is 0.192. The molecule has 176 valence electrons. The van der Waals surface area contributed by atoms with E-state index in [0.29, 0.717) is 0 Å². The first-order valence-corrected chi connectivity index (χ1v) is 10.7. The molecule has 7 nitrogen and oxygen atoms in total. The fourth-order valence-electron chi connectivity index (χ4n) is 3.47. The Morgan fingerprint density at radius 1 is 1.06 bits per heavy atom. The second-order valence-corrected chi connectivity index (χ2v) is 7.58. The molecular formula is C26H26FN3O4. The molecule has 0 radical (unpaired) electrons. The lowest BCUT2D eigenvalue weighted by Gasteiger charge is -2.21. The number of nitrogens with one attached hydrogen (secondary N) is 2. The van der Waals surface area contributed by atoms with Crippen molar-refractivity contribution in [3.63, 3.8) is 0 Å². The van der Waals surface area contributed by atoms with Crippen LogP contribution in [0.25, 0.3) is 10.9 Å². The van der Waals surface area contributed by atoms with Crippen LogP contribution in [0.1, 0.15) is 15.9 Å². The van der Waals surface area contributed by atoms with Crippen molar-refractivity contribution in [1.29, 1.82) is 0 Å². The van der Waals surface area contributed by atoms with Gasteiger partial charge in [-0.1, -0.05) is 30.4 Å². The predicted octanol–water partition coefficient (Wildman–Crippen LogP) is 3.39. The number of carbonyl (C=O) groups is 3. The number of benzene rings is 2. The topological polar surface area (TPSA) is 91.5 Å². The molecule has 0 unspecified atom stereocenters. The normalized spacial score (nSPS) is 11.4. The Balaban J connectivity index is 1.77. The van der Waals surface area contributed by atoms with Crippen LogP contribution in [0.3, 0.4) is 0 Å². The van der Waals surface area contributed by atoms with Gasteiger partial charge in [-0.25, -0.2) is 9.18 Å². The number of hydrogen-bond donors (Lipinski definition) is 2. The van der Waals surface area contributed by atoms with Crippen molar-refractivity contribution in [2.24, 2.45) is 0 Å². The number of ether oxygens (including phenoxy) is 1. The highest BCUT2D eigenvalue weighted by Gasteiger charge is 2.26. The fourth-order valence-corrected chi connectivity index (χ4v) is 3.47. The maximum absolute atomic E-state index is 13.2. The number of aromatic amines is 1. The van der Waals surface area contributed by atoms with Crippen LogP contribution in [0.2, 0.25) is 0 Å². The number of para-hydroxylation sites is 1. The summed E-state index contributed by atoms with van der Waals surface area (Å²) in [4.78, 5) is 42.7. The van der Waals surface area contributed by atoms with E-state index in [1.807, 2.05) is 24.3 Å². The van der Waals surface area contributed by atoms with E-state index in [0.717, 1.165) is 28.6 Å². The van der Waals surface area contributed by atoms with Crippen molar-refractivity contribution >= 4 is 28.7 Å². The largest absolute Gasteiger partial charge is 0.454 e. The number of amides is 2. The standard InChI is InChI=1S/C26H26FN3O4/c1-3-13-30(14-4-2)24(31)17-34-26(33)23(29-25(32)18-9-11-20(27)12-10-18)15-19-16-28-22-8-6-5-7-21(19)22/h3-12,16,23,28H,1-2,13-15,17H2,(H,29,32)/t23-/m1/s1. The van der Waals surface area contributed by atoms with Crippen LogP contribution in [-0.2, 0) is 20.7 Å². The molecule has 34 heavy (non-hydrogen) atoms. The molecule has 8 heteroatoms. The summed E-state index contributed by atoms with van der Waals surface area (Å²) < 4.78 is 18.5. The Bertz CT molecular complexity index is 1180. The number of fused-ring (bicyclic) bond motifs is 1. The van der Waals surface area contributed by atoms with Gasteiger partial charge in [0.05, 0.1) is 0 Å². The molecule has 0 aliphatic rings. The number of rotatable bonds is 11. The van der Waals surface area contributed by atoms with Crippen LogP contribution in [0, 0.1) is 5.82 Å². The minimum absolute atomic E-state index is 0.132. The molecule has 1 aromatic heterocycles. The maximum Gasteiger partial charge on any atom is 0.329 e. The smallest absolute Gasteiger partial charge is 0.329 e. The predicted molar refractivity (Wildman–Crippen MR) is 128 cm³/mol. The highest BCUT2D eigenvalue weighted by Crippen LogP contribution is 2.19. The van der Waals surface area contributed by atoms with Gasteiger partial charge in [-0.2, -0.15) is 0 Å². The maximum atomic E-state index is 13.2. The number of hydrogen-bond acceptors (Lipinski definition) is 4. The van der Waals surface area contributed by atoms with Crippen molar-refractivity contribution in [2.75, 3.05) is 19.7 Å². The molecule has 0 saturated carbocycles. The van der Waals surface area contributed by atoms with Crippen LogP contribution in [-0.4, -0.2) is 53.4 Å². The van der Waals surface area contributed by atoms with Gasteiger partial charge < -0.3 is 19.9 Å². The average molecular weight is 464 g/mol. The number of H-pyrrole nitrogens is 1. The summed E-state index contributed by atoms with van der Waals surface area (Å²) >= 11 is 0. The van der Waals surface area contributed by atoms with Gasteiger partial charge in [-0.05, 0) is 35.9 Å². The van der Waals surface area contributed by atoms with E-state index in [9.17, 15) is 18.8 Å². The zero-order chi connectivity index (χ0) is 24.5. The van der Waals surface area contributed by atoms with Gasteiger partial charge in [0, 0.05) is 42.2 Å². The minimum atomic E-state index is -1.07. The summed E-state index contributed by atoms with van der Waals surface area (Å²) in [6.07, 6.45) is 5.01. The third kappa shape index (κ3) is 6.19. The molecule has 0 fully saturated rings. The van der Waals surface area contributed by atoms with Gasteiger partial charge in [-0.3, -0.25) is 9.59 Å². The van der Waals surface area contributed by atoms with Gasteiger partial charge in [-0.15, -0.1) is 13.2 Å². The molecule has 1 atom stereocenters. The summed E-state index contributed by atoms with van der Waals surface area (Å²) in [6, 6.07) is 11.5. The second kappa shape index (κ2) is 11.6. The molecule has 2 N–H and O–H groups in total. The summed E-state index contributed by atoms with van der Waals surface area (Å²) in [7, 11) is 0. The van der Waals surface area contributed by atoms with E-state index in [1.165, 1.54) is 17.0 Å². The lowest BCUT2D eigenvalue weighted by atomic mass is 10.0. The van der Waals surface area contributed by atoms with E-state index in [-0.39, 0.29) is 25.1 Å². The number of esters is 1. The highest BCUT2D eigenvalue weighted by atomic mass is 19.1. The van der Waals surface area contributed by atoms with Crippen LogP contribution in [0.15, 0.2) is 80.0 Å². The summed E-state index contributed by atoms with van der Waals surface area (Å²) in [5.74, 6) is -2.21. The van der Waals surface area contributed by atoms with E-state index < -0.39 is 36.2 Å². The highest BCUT2D eigenvalue weighted by molar-refractivity contribution is 5.97. The molecule has 3 rings (SSSR count). The summed E-state index contributed by atoms with van der Waals surface area (Å²) in [6.45, 7) is 7.30. The number of halogens is 1. The van der Waals surface area contributed by atoms with Crippen LogP contribution >= 0.6 is 0 Å². The van der Waals surface area contributed by atoms with Crippen molar-refractivity contribution in [1.82, 2.24) is 15.2 Å². The lowest BCUT2D eigenvalue weighted by Crippen LogP contribution is -2.44. The van der Waals surface area contributed by atoms with Gasteiger partial charge >= 0.3 is 5.97 Å². The SMILES string of the molecule is C=CCN(CC=C)C(=O)COC(=O)[C@@H](Cc1c[nH]c2ccccc12)NC(=O)c1ccc(F)cc1. The monoisotopic (exact) mass is 463 g/mol. The summed E-state index contributed by atoms with van der Waals surface area (Å²) in [5, 5.41) is 3.55. The Kier molecular flexibility index (Phi) is 8.34. The number of nitrogens with zero attached hydrogens (tertiary/aromatic N) is 1. The first-order valence-electron chi connectivity index (χ1n) is 10.7. The second-order valence-electron chi connectivity index (χ2n) is 7.58. The molecular weight excluding hydrogens is 437 g/mol. The Hall–Kier alpha value is -4.20. The Morgan fingerprint density at radius 3 is 2.41 bits per heavy atom. The van der Waals surface area contributed by atoms with Gasteiger partial charge in [0.2, 0.25) is 0 Å². The van der Waals surface area contributed by atoms with Crippen molar-refractivity contribution < 1.29 is 23.5 Å². The zero-order valence-electron chi connectivity index (χ0n) is 18.6.